The molecule has 1 unspecified atom stereocenters. The van der Waals surface area contributed by atoms with E-state index in [0.29, 0.717) is 11.7 Å². The molecule has 19 heavy (non-hydrogen) atoms. The normalized spacial score (nSPS) is 11.9. The van der Waals surface area contributed by atoms with Gasteiger partial charge in [0.15, 0.2) is 0 Å². The van der Waals surface area contributed by atoms with E-state index >= 15 is 0 Å². The van der Waals surface area contributed by atoms with Crippen LogP contribution in [0, 0.1) is 5.82 Å². The Hall–Kier alpha value is -2.17. The summed E-state index contributed by atoms with van der Waals surface area (Å²) in [7, 11) is 1.56. The lowest BCUT2D eigenvalue weighted by atomic mass is 10.1. The fourth-order valence-corrected chi connectivity index (χ4v) is 1.81. The van der Waals surface area contributed by atoms with E-state index in [0.717, 1.165) is 12.0 Å². The third-order valence-electron chi connectivity index (χ3n) is 2.70. The van der Waals surface area contributed by atoms with E-state index in [9.17, 15) is 4.39 Å². The van der Waals surface area contributed by atoms with E-state index in [-0.39, 0.29) is 11.9 Å². The van der Waals surface area contributed by atoms with Crippen LogP contribution in [0.4, 0.5) is 10.2 Å². The number of hydrogen-bond donors (Lipinski definition) is 1. The molecule has 0 saturated heterocycles. The van der Waals surface area contributed by atoms with E-state index in [1.54, 1.807) is 25.3 Å². The molecule has 0 radical (unpaired) electrons. The van der Waals surface area contributed by atoms with Crippen molar-refractivity contribution < 1.29 is 9.13 Å². The maximum Gasteiger partial charge on any atom is 0.218 e. The predicted molar refractivity (Wildman–Crippen MR) is 71.8 cm³/mol. The number of ether oxygens (including phenoxy) is 1. The molecular weight excluding hydrogens is 245 g/mol. The molecule has 5 heteroatoms. The van der Waals surface area contributed by atoms with E-state index in [1.165, 1.54) is 18.5 Å². The van der Waals surface area contributed by atoms with Gasteiger partial charge in [-0.1, -0.05) is 12.1 Å². The second-order valence-electron chi connectivity index (χ2n) is 4.32. The van der Waals surface area contributed by atoms with Gasteiger partial charge in [-0.3, -0.25) is 0 Å². The number of benzene rings is 1. The van der Waals surface area contributed by atoms with Gasteiger partial charge in [0.1, 0.15) is 18.0 Å². The summed E-state index contributed by atoms with van der Waals surface area (Å²) in [5.74, 6) is 1.01. The number of hydrogen-bond acceptors (Lipinski definition) is 4. The molecule has 2 rings (SSSR count). The van der Waals surface area contributed by atoms with E-state index in [1.807, 2.05) is 6.92 Å². The van der Waals surface area contributed by atoms with E-state index < -0.39 is 0 Å². The molecule has 4 nitrogen and oxygen atoms in total. The smallest absolute Gasteiger partial charge is 0.218 e. The van der Waals surface area contributed by atoms with E-state index in [2.05, 4.69) is 15.3 Å². The van der Waals surface area contributed by atoms with Crippen molar-refractivity contribution in [2.75, 3.05) is 12.4 Å². The largest absolute Gasteiger partial charge is 0.481 e. The quantitative estimate of drug-likeness (QED) is 0.899. The third-order valence-corrected chi connectivity index (χ3v) is 2.70. The summed E-state index contributed by atoms with van der Waals surface area (Å²) >= 11 is 0. The Balaban J connectivity index is 1.96. The van der Waals surface area contributed by atoms with E-state index in [4.69, 9.17) is 4.74 Å². The van der Waals surface area contributed by atoms with Crippen molar-refractivity contribution in [3.8, 4) is 5.88 Å². The number of anilines is 1. The van der Waals surface area contributed by atoms with Crippen LogP contribution in [-0.4, -0.2) is 23.1 Å². The molecule has 0 saturated carbocycles. The number of methoxy groups -OCH3 is 1. The Morgan fingerprint density at radius 3 is 2.68 bits per heavy atom. The summed E-state index contributed by atoms with van der Waals surface area (Å²) in [6.45, 7) is 2.04. The Morgan fingerprint density at radius 1 is 1.26 bits per heavy atom. The average molecular weight is 261 g/mol. The summed E-state index contributed by atoms with van der Waals surface area (Å²) < 4.78 is 17.8. The first kappa shape index (κ1) is 13.3. The Bertz CT molecular complexity index is 530. The highest BCUT2D eigenvalue weighted by Crippen LogP contribution is 2.13. The van der Waals surface area contributed by atoms with Crippen LogP contribution in [0.25, 0.3) is 0 Å². The fourth-order valence-electron chi connectivity index (χ4n) is 1.81. The Kier molecular flexibility index (Phi) is 4.28. The minimum Gasteiger partial charge on any atom is -0.481 e. The zero-order valence-electron chi connectivity index (χ0n) is 10.9. The minimum absolute atomic E-state index is 0.171. The second kappa shape index (κ2) is 6.13. The summed E-state index contributed by atoms with van der Waals surface area (Å²) in [4.78, 5) is 8.06. The van der Waals surface area contributed by atoms with Crippen LogP contribution in [0.15, 0.2) is 36.7 Å². The van der Waals surface area contributed by atoms with Crippen LogP contribution in [-0.2, 0) is 6.42 Å². The average Bonchev–Trinajstić information content (AvgIpc) is 2.41. The van der Waals surface area contributed by atoms with Crippen molar-refractivity contribution in [3.05, 3.63) is 48.0 Å². The molecule has 1 atom stereocenters. The predicted octanol–water partition coefficient (Wildman–Crippen LogP) is 2.67. The van der Waals surface area contributed by atoms with Gasteiger partial charge >= 0.3 is 0 Å². The van der Waals surface area contributed by atoms with Crippen molar-refractivity contribution in [3.63, 3.8) is 0 Å². The molecular formula is C14H16FN3O. The number of rotatable bonds is 5. The summed E-state index contributed by atoms with van der Waals surface area (Å²) in [6, 6.07) is 8.42. The number of nitrogens with zero attached hydrogens (tertiary/aromatic N) is 2. The molecule has 1 aromatic carbocycles. The van der Waals surface area contributed by atoms with Crippen molar-refractivity contribution in [1.82, 2.24) is 9.97 Å². The molecule has 0 aliphatic carbocycles. The molecule has 0 fully saturated rings. The van der Waals surface area contributed by atoms with Crippen LogP contribution in [0.3, 0.4) is 0 Å². The zero-order valence-corrected chi connectivity index (χ0v) is 10.9. The number of aromatic nitrogens is 2. The van der Waals surface area contributed by atoms with Gasteiger partial charge in [0.2, 0.25) is 5.88 Å². The molecule has 0 aliphatic rings. The standard InChI is InChI=1S/C14H16FN3O/c1-10(7-11-3-5-12(15)6-4-11)18-13-8-14(19-2)17-9-16-13/h3-6,8-10H,7H2,1-2H3,(H,16,17,18). The SMILES string of the molecule is COc1cc(NC(C)Cc2ccc(F)cc2)ncn1. The van der Waals surface area contributed by atoms with Gasteiger partial charge in [0, 0.05) is 12.1 Å². The summed E-state index contributed by atoms with van der Waals surface area (Å²) in [5, 5.41) is 3.25. The van der Waals surface area contributed by atoms with Gasteiger partial charge in [-0.2, -0.15) is 0 Å². The maximum atomic E-state index is 12.8. The van der Waals surface area contributed by atoms with Gasteiger partial charge in [-0.15, -0.1) is 0 Å². The molecule has 0 amide bonds. The summed E-state index contributed by atoms with van der Waals surface area (Å²) in [6.07, 6.45) is 2.23. The van der Waals surface area contributed by atoms with Gasteiger partial charge < -0.3 is 10.1 Å². The fraction of sp³-hybridized carbons (Fsp3) is 0.286. The third kappa shape index (κ3) is 3.91. The van der Waals surface area contributed by atoms with Crippen LogP contribution in [0.5, 0.6) is 5.88 Å². The lowest BCUT2D eigenvalue weighted by Gasteiger charge is -2.14. The van der Waals surface area contributed by atoms with Crippen LogP contribution >= 0.6 is 0 Å². The molecule has 2 aromatic rings. The Morgan fingerprint density at radius 2 is 2.00 bits per heavy atom. The van der Waals surface area contributed by atoms with Crippen LogP contribution in [0.1, 0.15) is 12.5 Å². The molecule has 100 valence electrons. The highest BCUT2D eigenvalue weighted by molar-refractivity contribution is 5.38. The molecule has 1 aromatic heterocycles. The number of nitrogens with one attached hydrogen (secondary N) is 1. The first-order valence-corrected chi connectivity index (χ1v) is 6.04. The Labute approximate surface area is 111 Å². The maximum absolute atomic E-state index is 12.8. The summed E-state index contributed by atoms with van der Waals surface area (Å²) in [5.41, 5.74) is 1.07. The molecule has 0 bridgehead atoms. The van der Waals surface area contributed by atoms with Crippen molar-refractivity contribution in [2.24, 2.45) is 0 Å². The van der Waals surface area contributed by atoms with Gasteiger partial charge in [0.25, 0.3) is 0 Å². The molecule has 0 spiro atoms. The molecule has 1 N–H and O–H groups in total. The van der Waals surface area contributed by atoms with Crippen molar-refractivity contribution in [1.29, 1.82) is 0 Å². The topological polar surface area (TPSA) is 47.0 Å². The van der Waals surface area contributed by atoms with Gasteiger partial charge in [0.05, 0.1) is 7.11 Å². The van der Waals surface area contributed by atoms with Crippen molar-refractivity contribution in [2.45, 2.75) is 19.4 Å². The minimum atomic E-state index is -0.218. The highest BCUT2D eigenvalue weighted by atomic mass is 19.1. The zero-order chi connectivity index (χ0) is 13.7. The monoisotopic (exact) mass is 261 g/mol. The van der Waals surface area contributed by atoms with Gasteiger partial charge in [-0.25, -0.2) is 14.4 Å². The van der Waals surface area contributed by atoms with Gasteiger partial charge in [-0.05, 0) is 31.0 Å². The highest BCUT2D eigenvalue weighted by Gasteiger charge is 2.06. The lowest BCUT2D eigenvalue weighted by Crippen LogP contribution is -2.18. The second-order valence-corrected chi connectivity index (χ2v) is 4.32. The van der Waals surface area contributed by atoms with Crippen LogP contribution in [0.2, 0.25) is 0 Å². The molecule has 0 aliphatic heterocycles. The lowest BCUT2D eigenvalue weighted by molar-refractivity contribution is 0.397. The molecule has 1 heterocycles. The van der Waals surface area contributed by atoms with Crippen molar-refractivity contribution >= 4 is 5.82 Å². The van der Waals surface area contributed by atoms with Crippen LogP contribution < -0.4 is 10.1 Å². The first-order valence-electron chi connectivity index (χ1n) is 6.04. The number of halogens is 1. The first-order chi connectivity index (χ1) is 9.17.